The van der Waals surface area contributed by atoms with E-state index in [0.717, 1.165) is 6.07 Å². The Kier molecular flexibility index (Phi) is 3.45. The van der Waals surface area contributed by atoms with Crippen LogP contribution in [0.2, 0.25) is 0 Å². The number of rotatable bonds is 3. The number of halogens is 1. The summed E-state index contributed by atoms with van der Waals surface area (Å²) in [5.74, 6) is -1.45. The molecule has 0 aromatic heterocycles. The van der Waals surface area contributed by atoms with E-state index in [-0.39, 0.29) is 12.6 Å². The molecule has 76 valence electrons. The summed E-state index contributed by atoms with van der Waals surface area (Å²) in [5.41, 5.74) is 0.516. The number of hydrogen-bond donors (Lipinski definition) is 1. The maximum atomic E-state index is 12.8. The Labute approximate surface area is 81.1 Å². The van der Waals surface area contributed by atoms with Crippen LogP contribution >= 0.6 is 0 Å². The van der Waals surface area contributed by atoms with Gasteiger partial charge in [0, 0.05) is 6.42 Å². The van der Waals surface area contributed by atoms with Gasteiger partial charge in [0.15, 0.2) is 11.6 Å². The first-order valence-corrected chi connectivity index (χ1v) is 4.26. The maximum absolute atomic E-state index is 12.8. The molecule has 4 heteroatoms. The maximum Gasteiger partial charge on any atom is 0.305 e. The van der Waals surface area contributed by atoms with Crippen molar-refractivity contribution in [2.24, 2.45) is 0 Å². The topological polar surface area (TPSA) is 46.5 Å². The van der Waals surface area contributed by atoms with E-state index in [0.29, 0.717) is 12.0 Å². The summed E-state index contributed by atoms with van der Waals surface area (Å²) >= 11 is 0. The van der Waals surface area contributed by atoms with Gasteiger partial charge in [-0.05, 0) is 17.7 Å². The van der Waals surface area contributed by atoms with Crippen LogP contribution in [0.4, 0.5) is 4.39 Å². The second-order valence-corrected chi connectivity index (χ2v) is 2.80. The zero-order valence-corrected chi connectivity index (χ0v) is 7.79. The molecule has 0 spiro atoms. The highest BCUT2D eigenvalue weighted by molar-refractivity contribution is 5.68. The highest BCUT2D eigenvalue weighted by atomic mass is 19.1. The van der Waals surface area contributed by atoms with Crippen LogP contribution in [0, 0.1) is 5.82 Å². The molecule has 0 amide bonds. The van der Waals surface area contributed by atoms with Gasteiger partial charge in [-0.1, -0.05) is 13.0 Å². The molecule has 1 aromatic rings. The predicted molar refractivity (Wildman–Crippen MR) is 48.2 cm³/mol. The second kappa shape index (κ2) is 4.60. The van der Waals surface area contributed by atoms with Crippen molar-refractivity contribution in [3.05, 3.63) is 29.6 Å². The average molecular weight is 198 g/mol. The largest absolute Gasteiger partial charge is 0.505 e. The zero-order valence-electron chi connectivity index (χ0n) is 7.79. The van der Waals surface area contributed by atoms with Crippen LogP contribution in [0.5, 0.6) is 5.75 Å². The monoisotopic (exact) mass is 198 g/mol. The summed E-state index contributed by atoms with van der Waals surface area (Å²) < 4.78 is 17.6. The Morgan fingerprint density at radius 2 is 2.29 bits per heavy atom. The van der Waals surface area contributed by atoms with Crippen molar-refractivity contribution in [2.45, 2.75) is 20.0 Å². The standard InChI is InChI=1S/C10H11FO3/c1-2-10(13)14-6-7-3-4-9(12)8(11)5-7/h3-5,12H,2,6H2,1H3. The van der Waals surface area contributed by atoms with Crippen LogP contribution in [-0.2, 0) is 16.1 Å². The number of ether oxygens (including phenoxy) is 1. The number of benzene rings is 1. The number of phenolic OH excluding ortho intramolecular Hbond substituents is 1. The molecule has 0 unspecified atom stereocenters. The van der Waals surface area contributed by atoms with Gasteiger partial charge in [0.05, 0.1) is 0 Å². The third kappa shape index (κ3) is 2.73. The molecule has 0 atom stereocenters. The molecule has 0 heterocycles. The molecule has 0 aliphatic rings. The molecule has 1 N–H and O–H groups in total. The number of carbonyl (C=O) groups is 1. The number of carbonyl (C=O) groups excluding carboxylic acids is 1. The van der Waals surface area contributed by atoms with Crippen molar-refractivity contribution in [3.8, 4) is 5.75 Å². The van der Waals surface area contributed by atoms with Crippen molar-refractivity contribution < 1.29 is 19.0 Å². The normalized spacial score (nSPS) is 9.86. The molecule has 0 fully saturated rings. The van der Waals surface area contributed by atoms with Gasteiger partial charge in [-0.3, -0.25) is 4.79 Å². The first kappa shape index (κ1) is 10.5. The molecule has 1 rings (SSSR count). The lowest BCUT2D eigenvalue weighted by molar-refractivity contribution is -0.144. The van der Waals surface area contributed by atoms with Gasteiger partial charge >= 0.3 is 5.97 Å². The molecular formula is C10H11FO3. The lowest BCUT2D eigenvalue weighted by Crippen LogP contribution is -2.02. The van der Waals surface area contributed by atoms with Crippen molar-refractivity contribution >= 4 is 5.97 Å². The molecule has 0 bridgehead atoms. The molecule has 1 aromatic carbocycles. The van der Waals surface area contributed by atoms with E-state index >= 15 is 0 Å². The molecule has 0 saturated carbocycles. The number of hydrogen-bond acceptors (Lipinski definition) is 3. The van der Waals surface area contributed by atoms with Gasteiger partial charge in [-0.2, -0.15) is 0 Å². The summed E-state index contributed by atoms with van der Waals surface area (Å²) in [6, 6.07) is 3.87. The fourth-order valence-corrected chi connectivity index (χ4v) is 0.906. The summed E-state index contributed by atoms with van der Waals surface area (Å²) in [6.45, 7) is 1.71. The van der Waals surface area contributed by atoms with Crippen LogP contribution in [0.1, 0.15) is 18.9 Å². The number of phenols is 1. The first-order chi connectivity index (χ1) is 6.63. The summed E-state index contributed by atoms with van der Waals surface area (Å²) in [6.07, 6.45) is 0.292. The Morgan fingerprint density at radius 1 is 1.57 bits per heavy atom. The Hall–Kier alpha value is -1.58. The average Bonchev–Trinajstić information content (AvgIpc) is 2.19. The minimum Gasteiger partial charge on any atom is -0.505 e. The van der Waals surface area contributed by atoms with Gasteiger partial charge < -0.3 is 9.84 Å². The zero-order chi connectivity index (χ0) is 10.6. The van der Waals surface area contributed by atoms with E-state index in [9.17, 15) is 9.18 Å². The lowest BCUT2D eigenvalue weighted by atomic mass is 10.2. The highest BCUT2D eigenvalue weighted by Crippen LogP contribution is 2.16. The minimum absolute atomic E-state index is 0.0316. The van der Waals surface area contributed by atoms with Crippen LogP contribution < -0.4 is 0 Å². The van der Waals surface area contributed by atoms with Crippen LogP contribution in [0.15, 0.2) is 18.2 Å². The molecule has 0 aliphatic carbocycles. The first-order valence-electron chi connectivity index (χ1n) is 4.26. The third-order valence-electron chi connectivity index (χ3n) is 1.70. The summed E-state index contributed by atoms with van der Waals surface area (Å²) in [7, 11) is 0. The molecule has 14 heavy (non-hydrogen) atoms. The van der Waals surface area contributed by atoms with Crippen molar-refractivity contribution in [2.75, 3.05) is 0 Å². The van der Waals surface area contributed by atoms with E-state index in [1.165, 1.54) is 12.1 Å². The highest BCUT2D eigenvalue weighted by Gasteiger charge is 2.03. The SMILES string of the molecule is CCC(=O)OCc1ccc(O)c(F)c1. The lowest BCUT2D eigenvalue weighted by Gasteiger charge is -2.03. The minimum atomic E-state index is -0.713. The predicted octanol–water partition coefficient (Wildman–Crippen LogP) is 1.98. The third-order valence-corrected chi connectivity index (χ3v) is 1.70. The fraction of sp³-hybridized carbons (Fsp3) is 0.300. The van der Waals surface area contributed by atoms with Crippen LogP contribution in [0.25, 0.3) is 0 Å². The summed E-state index contributed by atoms with van der Waals surface area (Å²) in [5, 5.41) is 8.88. The van der Waals surface area contributed by atoms with Gasteiger partial charge in [-0.15, -0.1) is 0 Å². The van der Waals surface area contributed by atoms with Gasteiger partial charge in [0.2, 0.25) is 0 Å². The van der Waals surface area contributed by atoms with Gasteiger partial charge in [0.1, 0.15) is 6.61 Å². The Balaban J connectivity index is 2.60. The van der Waals surface area contributed by atoms with Crippen molar-refractivity contribution in [1.82, 2.24) is 0 Å². The van der Waals surface area contributed by atoms with Crippen LogP contribution in [-0.4, -0.2) is 11.1 Å². The molecule has 0 saturated heterocycles. The smallest absolute Gasteiger partial charge is 0.305 e. The molecule has 0 radical (unpaired) electrons. The second-order valence-electron chi connectivity index (χ2n) is 2.80. The molecular weight excluding hydrogens is 187 g/mol. The van der Waals surface area contributed by atoms with E-state index in [4.69, 9.17) is 9.84 Å². The fourth-order valence-electron chi connectivity index (χ4n) is 0.906. The van der Waals surface area contributed by atoms with Crippen molar-refractivity contribution in [1.29, 1.82) is 0 Å². The van der Waals surface area contributed by atoms with Crippen LogP contribution in [0.3, 0.4) is 0 Å². The van der Waals surface area contributed by atoms with E-state index < -0.39 is 11.6 Å². The molecule has 0 aliphatic heterocycles. The Morgan fingerprint density at radius 3 is 2.86 bits per heavy atom. The van der Waals surface area contributed by atoms with Gasteiger partial charge in [0.25, 0.3) is 0 Å². The molecule has 3 nitrogen and oxygen atoms in total. The van der Waals surface area contributed by atoms with E-state index in [1.54, 1.807) is 6.92 Å². The Bertz CT molecular complexity index is 336. The summed E-state index contributed by atoms with van der Waals surface area (Å²) in [4.78, 5) is 10.8. The van der Waals surface area contributed by atoms with Gasteiger partial charge in [-0.25, -0.2) is 4.39 Å². The number of esters is 1. The van der Waals surface area contributed by atoms with E-state index in [2.05, 4.69) is 0 Å². The van der Waals surface area contributed by atoms with Crippen molar-refractivity contribution in [3.63, 3.8) is 0 Å². The quantitative estimate of drug-likeness (QED) is 0.755. The van der Waals surface area contributed by atoms with E-state index in [1.807, 2.05) is 0 Å². The number of aromatic hydroxyl groups is 1.